The van der Waals surface area contributed by atoms with Crippen molar-refractivity contribution in [2.75, 3.05) is 26.3 Å². The highest BCUT2D eigenvalue weighted by Gasteiger charge is 2.46. The van der Waals surface area contributed by atoms with Gasteiger partial charge in [-0.25, -0.2) is 4.79 Å². The molecule has 0 bridgehead atoms. The lowest BCUT2D eigenvalue weighted by Crippen LogP contribution is -2.50. The van der Waals surface area contributed by atoms with Gasteiger partial charge in [-0.1, -0.05) is 18.2 Å². The molecule has 2 aliphatic heterocycles. The minimum Gasteiger partial charge on any atom is -0.475 e. The van der Waals surface area contributed by atoms with E-state index in [4.69, 9.17) is 19.4 Å². The van der Waals surface area contributed by atoms with Crippen LogP contribution in [0.2, 0.25) is 0 Å². The van der Waals surface area contributed by atoms with Crippen LogP contribution in [0.25, 0.3) is 0 Å². The zero-order chi connectivity index (χ0) is 24.6. The molecule has 2 saturated heterocycles. The van der Waals surface area contributed by atoms with Crippen molar-refractivity contribution in [3.05, 3.63) is 42.2 Å². The van der Waals surface area contributed by atoms with Gasteiger partial charge in [0.05, 0.1) is 17.9 Å². The van der Waals surface area contributed by atoms with Crippen molar-refractivity contribution < 1.29 is 37.3 Å². The second-order valence-electron chi connectivity index (χ2n) is 8.83. The highest BCUT2D eigenvalue weighted by molar-refractivity contribution is 5.79. The molecule has 1 aromatic heterocycles. The number of carboxylic acids is 1. The smallest absolute Gasteiger partial charge is 0.475 e. The summed E-state index contributed by atoms with van der Waals surface area (Å²) in [6, 6.07) is 5.90. The number of halogens is 3. The van der Waals surface area contributed by atoms with Crippen LogP contribution in [0.1, 0.15) is 44.2 Å². The summed E-state index contributed by atoms with van der Waals surface area (Å²) in [5, 5.41) is 7.12. The molecule has 1 atom stereocenters. The van der Waals surface area contributed by atoms with Crippen molar-refractivity contribution in [3.8, 4) is 0 Å². The van der Waals surface area contributed by atoms with Crippen LogP contribution >= 0.6 is 0 Å². The summed E-state index contributed by atoms with van der Waals surface area (Å²) in [7, 11) is 0. The Hall–Kier alpha value is -2.46. The maximum absolute atomic E-state index is 12.7. The number of ether oxygens (including phenoxy) is 2. The molecule has 3 heterocycles. The van der Waals surface area contributed by atoms with Gasteiger partial charge in [0, 0.05) is 38.4 Å². The maximum atomic E-state index is 12.7. The Morgan fingerprint density at radius 2 is 1.88 bits per heavy atom. The van der Waals surface area contributed by atoms with E-state index in [9.17, 15) is 18.0 Å². The molecule has 7 nitrogen and oxygen atoms in total. The minimum absolute atomic E-state index is 0.0426. The third-order valence-electron chi connectivity index (χ3n) is 6.71. The Kier molecular flexibility index (Phi) is 9.07. The number of likely N-dealkylation sites (tertiary alicyclic amines) is 1. The number of hydrogen-bond donors (Lipinski definition) is 1. The molecular weight excluding hydrogens is 453 g/mol. The first-order valence-electron chi connectivity index (χ1n) is 11.6. The van der Waals surface area contributed by atoms with Crippen LogP contribution in [0.4, 0.5) is 13.2 Å². The monoisotopic (exact) mass is 484 g/mol. The number of allylic oxidation sites excluding steroid dienone is 2. The summed E-state index contributed by atoms with van der Waals surface area (Å²) in [6.45, 7) is 3.81. The molecule has 1 N–H and O–H groups in total. The zero-order valence-corrected chi connectivity index (χ0v) is 19.0. The Bertz CT molecular complexity index is 831. The van der Waals surface area contributed by atoms with Gasteiger partial charge in [-0.2, -0.15) is 13.2 Å². The predicted octanol–water partition coefficient (Wildman–Crippen LogP) is 3.99. The highest BCUT2D eigenvalue weighted by Crippen LogP contribution is 2.42. The first-order valence-corrected chi connectivity index (χ1v) is 11.6. The number of carboxylic acid groups (broad SMARTS) is 1. The van der Waals surface area contributed by atoms with E-state index < -0.39 is 12.1 Å². The van der Waals surface area contributed by atoms with E-state index in [0.717, 1.165) is 70.5 Å². The van der Waals surface area contributed by atoms with Crippen molar-refractivity contribution in [1.82, 2.24) is 9.88 Å². The molecule has 188 valence electrons. The van der Waals surface area contributed by atoms with E-state index in [1.54, 1.807) is 6.20 Å². The summed E-state index contributed by atoms with van der Waals surface area (Å²) in [5.74, 6) is -1.71. The molecule has 1 amide bonds. The third kappa shape index (κ3) is 7.02. The van der Waals surface area contributed by atoms with Crippen LogP contribution in [0.5, 0.6) is 0 Å². The number of pyridine rings is 1. The molecule has 0 aromatic carbocycles. The Morgan fingerprint density at radius 1 is 1.21 bits per heavy atom. The first kappa shape index (κ1) is 26.2. The molecule has 1 aliphatic carbocycles. The average molecular weight is 485 g/mol. The number of aromatic nitrogens is 1. The number of aliphatic carboxylic acids is 1. The van der Waals surface area contributed by atoms with E-state index in [1.807, 2.05) is 18.2 Å². The van der Waals surface area contributed by atoms with Crippen molar-refractivity contribution >= 4 is 11.9 Å². The highest BCUT2D eigenvalue weighted by atomic mass is 19.4. The molecule has 4 rings (SSSR count). The van der Waals surface area contributed by atoms with Gasteiger partial charge in [-0.05, 0) is 56.6 Å². The van der Waals surface area contributed by atoms with Crippen LogP contribution < -0.4 is 0 Å². The summed E-state index contributed by atoms with van der Waals surface area (Å²) in [6.07, 6.45) is 6.86. The first-order chi connectivity index (χ1) is 16.2. The predicted molar refractivity (Wildman–Crippen MR) is 117 cm³/mol. The van der Waals surface area contributed by atoms with Crippen molar-refractivity contribution in [2.45, 2.75) is 56.9 Å². The number of rotatable bonds is 6. The van der Waals surface area contributed by atoms with Crippen LogP contribution in [0, 0.1) is 11.8 Å². The molecular formula is C24H31F3N2O5. The summed E-state index contributed by atoms with van der Waals surface area (Å²) in [4.78, 5) is 27.9. The summed E-state index contributed by atoms with van der Waals surface area (Å²) < 4.78 is 43.8. The fourth-order valence-electron chi connectivity index (χ4n) is 4.81. The fraction of sp³-hybridized carbons (Fsp3) is 0.625. The Morgan fingerprint density at radius 3 is 2.47 bits per heavy atom. The average Bonchev–Trinajstić information content (AvgIpc) is 3.48. The number of alkyl halides is 3. The zero-order valence-electron chi connectivity index (χ0n) is 19.0. The van der Waals surface area contributed by atoms with Crippen molar-refractivity contribution in [2.24, 2.45) is 11.8 Å². The SMILES string of the molecule is O=C(C1CC=CC1)N1CCC2(CC1)OCCC2CCOCc1ccccn1.O=C(O)C(F)(F)F. The van der Waals surface area contributed by atoms with Crippen LogP contribution in [0.3, 0.4) is 0 Å². The molecule has 1 spiro atoms. The number of hydrogen-bond acceptors (Lipinski definition) is 5. The Labute approximate surface area is 196 Å². The van der Waals surface area contributed by atoms with Gasteiger partial charge in [0.2, 0.25) is 5.91 Å². The number of carbonyl (C=O) groups excluding carboxylic acids is 1. The van der Waals surface area contributed by atoms with Gasteiger partial charge in [0.25, 0.3) is 0 Å². The molecule has 2 fully saturated rings. The largest absolute Gasteiger partial charge is 0.490 e. The number of piperidine rings is 1. The van der Waals surface area contributed by atoms with E-state index in [-0.39, 0.29) is 11.5 Å². The third-order valence-corrected chi connectivity index (χ3v) is 6.71. The lowest BCUT2D eigenvalue weighted by molar-refractivity contribution is -0.192. The van der Waals surface area contributed by atoms with Crippen molar-refractivity contribution in [3.63, 3.8) is 0 Å². The standard InChI is InChI=1S/C22H30N2O3.C2HF3O2/c25-21(18-5-1-2-6-18)24-13-10-22(11-14-24)19(9-16-27-22)8-15-26-17-20-7-3-4-12-23-20;3-2(4,5)1(6)7/h1-4,7,12,18-19H,5-6,8-11,13-17H2;(H,6,7). The quantitative estimate of drug-likeness (QED) is 0.485. The fourth-order valence-corrected chi connectivity index (χ4v) is 4.81. The molecule has 1 unspecified atom stereocenters. The molecule has 1 aromatic rings. The number of nitrogens with zero attached hydrogens (tertiary/aromatic N) is 2. The van der Waals surface area contributed by atoms with Crippen LogP contribution in [-0.4, -0.2) is 64.9 Å². The van der Waals surface area contributed by atoms with E-state index in [2.05, 4.69) is 22.0 Å². The van der Waals surface area contributed by atoms with Gasteiger partial charge in [-0.3, -0.25) is 9.78 Å². The van der Waals surface area contributed by atoms with Gasteiger partial charge >= 0.3 is 12.1 Å². The number of carbonyl (C=O) groups is 2. The van der Waals surface area contributed by atoms with E-state index >= 15 is 0 Å². The molecule has 34 heavy (non-hydrogen) atoms. The van der Waals surface area contributed by atoms with Gasteiger partial charge in [0.1, 0.15) is 0 Å². The van der Waals surface area contributed by atoms with Gasteiger partial charge < -0.3 is 19.5 Å². The summed E-state index contributed by atoms with van der Waals surface area (Å²) in [5.41, 5.74) is 0.933. The normalized spacial score (nSPS) is 22.0. The van der Waals surface area contributed by atoms with Crippen molar-refractivity contribution in [1.29, 1.82) is 0 Å². The van der Waals surface area contributed by atoms with E-state index in [1.165, 1.54) is 0 Å². The van der Waals surface area contributed by atoms with Gasteiger partial charge in [0.15, 0.2) is 0 Å². The molecule has 10 heteroatoms. The lowest BCUT2D eigenvalue weighted by Gasteiger charge is -2.43. The molecule has 0 radical (unpaired) electrons. The lowest BCUT2D eigenvalue weighted by atomic mass is 9.78. The second kappa shape index (κ2) is 11.8. The van der Waals surface area contributed by atoms with Crippen LogP contribution in [0.15, 0.2) is 36.5 Å². The molecule has 3 aliphatic rings. The summed E-state index contributed by atoms with van der Waals surface area (Å²) >= 11 is 0. The Balaban J connectivity index is 0.000000406. The van der Waals surface area contributed by atoms with E-state index in [0.29, 0.717) is 18.4 Å². The molecule has 0 saturated carbocycles. The second-order valence-corrected chi connectivity index (χ2v) is 8.83. The van der Waals surface area contributed by atoms with Gasteiger partial charge in [-0.15, -0.1) is 0 Å². The van der Waals surface area contributed by atoms with Crippen LogP contribution in [-0.2, 0) is 25.7 Å². The topological polar surface area (TPSA) is 89.0 Å². The minimum atomic E-state index is -5.08. The maximum Gasteiger partial charge on any atom is 0.490 e. The number of amides is 1.